The van der Waals surface area contributed by atoms with Crippen molar-refractivity contribution in [1.82, 2.24) is 20.0 Å². The van der Waals surface area contributed by atoms with E-state index in [1.807, 2.05) is 6.20 Å². The van der Waals surface area contributed by atoms with Gasteiger partial charge in [0, 0.05) is 49.0 Å². The molecule has 2 unspecified atom stereocenters. The molecule has 0 aliphatic carbocycles. The van der Waals surface area contributed by atoms with Gasteiger partial charge < -0.3 is 11.1 Å². The van der Waals surface area contributed by atoms with Gasteiger partial charge in [-0.05, 0) is 38.5 Å². The number of nitrogens with two attached hydrogens (primary N) is 1. The molecule has 3 heterocycles. The highest BCUT2D eigenvalue weighted by Crippen LogP contribution is 2.31. The van der Waals surface area contributed by atoms with Crippen molar-refractivity contribution in [3.8, 4) is 0 Å². The highest BCUT2D eigenvalue weighted by atomic mass is 19.1. The van der Waals surface area contributed by atoms with Crippen LogP contribution in [0.25, 0.3) is 0 Å². The van der Waals surface area contributed by atoms with Crippen LogP contribution in [0.2, 0.25) is 0 Å². The Labute approximate surface area is 162 Å². The molecule has 0 amide bonds. The summed E-state index contributed by atoms with van der Waals surface area (Å²) in [4.78, 5) is 2.29. The van der Waals surface area contributed by atoms with Gasteiger partial charge in [-0.15, -0.1) is 0 Å². The Hall–Kier alpha value is -1.90. The minimum Gasteiger partial charge on any atom is -0.326 e. The van der Waals surface area contributed by atoms with E-state index in [2.05, 4.69) is 15.3 Å². The van der Waals surface area contributed by atoms with Gasteiger partial charge in [0.15, 0.2) is 0 Å². The van der Waals surface area contributed by atoms with Crippen LogP contribution in [-0.4, -0.2) is 39.0 Å². The zero-order chi connectivity index (χ0) is 20.1. The van der Waals surface area contributed by atoms with Gasteiger partial charge in [-0.3, -0.25) is 9.58 Å². The summed E-state index contributed by atoms with van der Waals surface area (Å²) in [5, 5.41) is 7.81. The molecule has 4 rings (SSSR count). The number of halogens is 3. The maximum absolute atomic E-state index is 14.1. The van der Waals surface area contributed by atoms with Gasteiger partial charge in [-0.2, -0.15) is 5.10 Å². The quantitative estimate of drug-likeness (QED) is 0.839. The van der Waals surface area contributed by atoms with Crippen LogP contribution in [0, 0.1) is 11.6 Å². The molecule has 3 N–H and O–H groups in total. The van der Waals surface area contributed by atoms with E-state index < -0.39 is 23.3 Å². The SMILES string of the molecule is CC(C)(F)Cn1cc2c(n1)CN(C1CN[C@H](c3cc(F)ccc3F)C(N)C1)C2. The van der Waals surface area contributed by atoms with Crippen LogP contribution in [0.3, 0.4) is 0 Å². The van der Waals surface area contributed by atoms with E-state index in [1.165, 1.54) is 6.07 Å². The first-order valence-corrected chi connectivity index (χ1v) is 9.62. The van der Waals surface area contributed by atoms with Crippen molar-refractivity contribution in [2.75, 3.05) is 6.54 Å². The molecular weight excluding hydrogens is 367 g/mol. The third kappa shape index (κ3) is 3.94. The number of piperidine rings is 1. The first-order chi connectivity index (χ1) is 13.2. The second kappa shape index (κ2) is 7.17. The number of hydrogen-bond donors (Lipinski definition) is 2. The Balaban J connectivity index is 1.40. The third-order valence-electron chi connectivity index (χ3n) is 5.54. The Bertz CT molecular complexity index is 837. The lowest BCUT2D eigenvalue weighted by molar-refractivity contribution is 0.135. The van der Waals surface area contributed by atoms with Crippen molar-refractivity contribution >= 4 is 0 Å². The summed E-state index contributed by atoms with van der Waals surface area (Å²) in [6.07, 6.45) is 2.59. The summed E-state index contributed by atoms with van der Waals surface area (Å²) in [5.74, 6) is -0.912. The normalized spacial score (nSPS) is 25.9. The van der Waals surface area contributed by atoms with E-state index in [-0.39, 0.29) is 24.2 Å². The molecule has 0 spiro atoms. The maximum atomic E-state index is 14.1. The van der Waals surface area contributed by atoms with Crippen molar-refractivity contribution in [2.45, 2.75) is 63.7 Å². The summed E-state index contributed by atoms with van der Waals surface area (Å²) in [7, 11) is 0. The molecule has 152 valence electrons. The molecule has 2 aliphatic rings. The van der Waals surface area contributed by atoms with E-state index in [4.69, 9.17) is 5.73 Å². The molecule has 2 aromatic rings. The predicted molar refractivity (Wildman–Crippen MR) is 100 cm³/mol. The zero-order valence-electron chi connectivity index (χ0n) is 16.1. The van der Waals surface area contributed by atoms with Crippen molar-refractivity contribution in [3.63, 3.8) is 0 Å². The first kappa shape index (κ1) is 19.4. The number of benzene rings is 1. The minimum absolute atomic E-state index is 0.183. The van der Waals surface area contributed by atoms with Crippen LogP contribution in [-0.2, 0) is 19.6 Å². The second-order valence-corrected chi connectivity index (χ2v) is 8.53. The average Bonchev–Trinajstić information content (AvgIpc) is 3.14. The van der Waals surface area contributed by atoms with Crippen molar-refractivity contribution < 1.29 is 13.2 Å². The fourth-order valence-electron chi connectivity index (χ4n) is 4.28. The van der Waals surface area contributed by atoms with Crippen molar-refractivity contribution in [1.29, 1.82) is 0 Å². The summed E-state index contributed by atoms with van der Waals surface area (Å²) in [6, 6.07) is 2.92. The molecule has 8 heteroatoms. The molecule has 0 bridgehead atoms. The molecule has 0 radical (unpaired) electrons. The van der Waals surface area contributed by atoms with Crippen LogP contribution >= 0.6 is 0 Å². The lowest BCUT2D eigenvalue weighted by atomic mass is 9.89. The summed E-state index contributed by atoms with van der Waals surface area (Å²) in [5.41, 5.74) is 7.37. The fraction of sp³-hybridized carbons (Fsp3) is 0.550. The van der Waals surface area contributed by atoms with Crippen LogP contribution in [0.5, 0.6) is 0 Å². The largest absolute Gasteiger partial charge is 0.326 e. The molecule has 1 aromatic heterocycles. The molecule has 1 fully saturated rings. The van der Waals surface area contributed by atoms with E-state index in [0.29, 0.717) is 19.5 Å². The lowest BCUT2D eigenvalue weighted by Gasteiger charge is -2.39. The molecule has 0 saturated carbocycles. The van der Waals surface area contributed by atoms with Crippen LogP contribution < -0.4 is 11.1 Å². The Morgan fingerprint density at radius 1 is 1.29 bits per heavy atom. The number of hydrogen-bond acceptors (Lipinski definition) is 4. The van der Waals surface area contributed by atoms with Crippen molar-refractivity contribution in [3.05, 3.63) is 52.9 Å². The number of rotatable bonds is 4. The third-order valence-corrected chi connectivity index (χ3v) is 5.54. The van der Waals surface area contributed by atoms with Crippen LogP contribution in [0.15, 0.2) is 24.4 Å². The highest BCUT2D eigenvalue weighted by molar-refractivity contribution is 5.26. The zero-order valence-corrected chi connectivity index (χ0v) is 16.1. The predicted octanol–water partition coefficient (Wildman–Crippen LogP) is 2.66. The molecule has 1 saturated heterocycles. The lowest BCUT2D eigenvalue weighted by Crippen LogP contribution is -2.54. The number of nitrogens with zero attached hydrogens (tertiary/aromatic N) is 3. The number of alkyl halides is 1. The maximum Gasteiger partial charge on any atom is 0.128 e. The summed E-state index contributed by atoms with van der Waals surface area (Å²) < 4.78 is 43.1. The topological polar surface area (TPSA) is 59.1 Å². The van der Waals surface area contributed by atoms with E-state index in [1.54, 1.807) is 18.5 Å². The van der Waals surface area contributed by atoms with E-state index >= 15 is 0 Å². The number of fused-ring (bicyclic) bond motifs is 1. The van der Waals surface area contributed by atoms with Gasteiger partial charge >= 0.3 is 0 Å². The molecule has 28 heavy (non-hydrogen) atoms. The molecule has 2 aliphatic heterocycles. The standard InChI is InChI=1S/C20H26F3N5/c1-20(2,23)11-28-9-12-8-27(10-18(12)26-28)14-6-17(24)19(25-7-14)15-5-13(21)3-4-16(15)22/h3-5,9,14,17,19,25H,6-8,10-11,24H2,1-2H3/t14?,17?,19-/m1/s1. The van der Waals surface area contributed by atoms with Gasteiger partial charge in [-0.1, -0.05) is 0 Å². The first-order valence-electron chi connectivity index (χ1n) is 9.62. The van der Waals surface area contributed by atoms with Gasteiger partial charge in [0.2, 0.25) is 0 Å². The van der Waals surface area contributed by atoms with Crippen LogP contribution in [0.1, 0.15) is 43.1 Å². The molecule has 5 nitrogen and oxygen atoms in total. The number of aromatic nitrogens is 2. The summed E-state index contributed by atoms with van der Waals surface area (Å²) in [6.45, 7) is 5.37. The Morgan fingerprint density at radius 3 is 2.75 bits per heavy atom. The highest BCUT2D eigenvalue weighted by Gasteiger charge is 2.36. The van der Waals surface area contributed by atoms with Gasteiger partial charge in [0.25, 0.3) is 0 Å². The smallest absolute Gasteiger partial charge is 0.128 e. The Kier molecular flexibility index (Phi) is 4.97. The molecular formula is C20H26F3N5. The summed E-state index contributed by atoms with van der Waals surface area (Å²) >= 11 is 0. The van der Waals surface area contributed by atoms with Gasteiger partial charge in [0.1, 0.15) is 17.3 Å². The Morgan fingerprint density at radius 2 is 2.07 bits per heavy atom. The van der Waals surface area contributed by atoms with Gasteiger partial charge in [-0.25, -0.2) is 13.2 Å². The molecule has 1 aromatic carbocycles. The number of nitrogens with one attached hydrogen (secondary N) is 1. The second-order valence-electron chi connectivity index (χ2n) is 8.53. The molecule has 3 atom stereocenters. The average molecular weight is 393 g/mol. The van der Waals surface area contributed by atoms with Gasteiger partial charge in [0.05, 0.1) is 18.3 Å². The van der Waals surface area contributed by atoms with Crippen molar-refractivity contribution in [2.24, 2.45) is 5.73 Å². The van der Waals surface area contributed by atoms with E-state index in [0.717, 1.165) is 29.9 Å². The monoisotopic (exact) mass is 393 g/mol. The van der Waals surface area contributed by atoms with E-state index in [9.17, 15) is 13.2 Å². The fourth-order valence-corrected chi connectivity index (χ4v) is 4.28. The minimum atomic E-state index is -1.30. The van der Waals surface area contributed by atoms with Crippen LogP contribution in [0.4, 0.5) is 13.2 Å².